The Morgan fingerprint density at radius 3 is 1.12 bits per heavy atom. The molecule has 0 saturated carbocycles. The van der Waals surface area contributed by atoms with Crippen LogP contribution in [0.15, 0.2) is 84.9 Å². The van der Waals surface area contributed by atoms with Crippen LogP contribution in [-0.2, 0) is 12.8 Å². The van der Waals surface area contributed by atoms with Crippen molar-refractivity contribution in [3.63, 3.8) is 0 Å². The Hall–Kier alpha value is -4.56. The van der Waals surface area contributed by atoms with Gasteiger partial charge in [-0.05, 0) is 120 Å². The topological polar surface area (TPSA) is 25.8 Å². The first-order chi connectivity index (χ1) is 32.6. The Labute approximate surface area is 409 Å². The lowest BCUT2D eigenvalue weighted by Crippen LogP contribution is -1.91. The fraction of sp³-hybridized carbons (Fsp3) is 0.400. The van der Waals surface area contributed by atoms with Crippen LogP contribution >= 0.6 is 45.3 Å². The third-order valence-electron chi connectivity index (χ3n) is 13.2. The average molecular weight is 941 g/mol. The summed E-state index contributed by atoms with van der Waals surface area (Å²) >= 11 is 7.28. The molecule has 9 rings (SSSR count). The van der Waals surface area contributed by atoms with Gasteiger partial charge in [-0.15, -0.1) is 45.3 Å². The maximum atomic E-state index is 4.95. The van der Waals surface area contributed by atoms with Crippen LogP contribution in [0, 0.1) is 23.7 Å². The minimum absolute atomic E-state index is 0.851. The SMILES string of the molecule is CCCCCCCCCCCCc1cc2cc3c(C#Cc4nc5ccccc5s4)c4cc5sc(CCCCCCCCCCCC)cc5cc4c(C#Cc4nc5ccccc5s4)c3cc2s1. The summed E-state index contributed by atoms with van der Waals surface area (Å²) in [4.78, 5) is 12.8. The Bertz CT molecular complexity index is 2800. The Kier molecular flexibility index (Phi) is 16.5. The summed E-state index contributed by atoms with van der Waals surface area (Å²) in [5, 5.41) is 8.99. The lowest BCUT2D eigenvalue weighted by Gasteiger charge is -2.12. The van der Waals surface area contributed by atoms with E-state index < -0.39 is 0 Å². The van der Waals surface area contributed by atoms with Crippen LogP contribution in [0.3, 0.4) is 0 Å². The number of hydrogen-bond donors (Lipinski definition) is 0. The molecular weight excluding hydrogens is 877 g/mol. The van der Waals surface area contributed by atoms with Gasteiger partial charge < -0.3 is 0 Å². The molecule has 4 heterocycles. The molecule has 4 aromatic heterocycles. The van der Waals surface area contributed by atoms with Crippen LogP contribution < -0.4 is 0 Å². The van der Waals surface area contributed by atoms with E-state index in [-0.39, 0.29) is 0 Å². The van der Waals surface area contributed by atoms with Gasteiger partial charge in [-0.25, -0.2) is 9.97 Å². The van der Waals surface area contributed by atoms with Gasteiger partial charge in [0, 0.05) is 41.1 Å². The molecular formula is C60H64N2S4. The molecule has 0 bridgehead atoms. The lowest BCUT2D eigenvalue weighted by molar-refractivity contribution is 0.557. The normalized spacial score (nSPS) is 11.7. The number of fused-ring (bicyclic) bond motifs is 6. The maximum absolute atomic E-state index is 4.95. The molecule has 0 aliphatic heterocycles. The zero-order chi connectivity index (χ0) is 44.9. The number of thiazole rings is 2. The van der Waals surface area contributed by atoms with Gasteiger partial charge in [0.05, 0.1) is 20.4 Å². The Balaban J connectivity index is 1.07. The molecule has 5 aromatic carbocycles. The van der Waals surface area contributed by atoms with Gasteiger partial charge in [0.25, 0.3) is 0 Å². The van der Waals surface area contributed by atoms with E-state index in [4.69, 9.17) is 9.97 Å². The lowest BCUT2D eigenvalue weighted by atomic mass is 9.90. The van der Waals surface area contributed by atoms with E-state index >= 15 is 0 Å². The Morgan fingerprint density at radius 2 is 0.727 bits per heavy atom. The van der Waals surface area contributed by atoms with E-state index in [0.717, 1.165) is 45.0 Å². The van der Waals surface area contributed by atoms with E-state index in [2.05, 4.69) is 122 Å². The van der Waals surface area contributed by atoms with Crippen molar-refractivity contribution in [2.75, 3.05) is 0 Å². The van der Waals surface area contributed by atoms with Crippen LogP contribution in [0.2, 0.25) is 0 Å². The van der Waals surface area contributed by atoms with E-state index in [1.165, 1.54) is 189 Å². The third-order valence-corrected chi connectivity index (χ3v) is 17.4. The van der Waals surface area contributed by atoms with Gasteiger partial charge >= 0.3 is 0 Å². The summed E-state index contributed by atoms with van der Waals surface area (Å²) < 4.78 is 4.99. The van der Waals surface area contributed by atoms with Gasteiger partial charge in [0.2, 0.25) is 0 Å². The average Bonchev–Trinajstić information content (AvgIpc) is 4.14. The third kappa shape index (κ3) is 11.8. The summed E-state index contributed by atoms with van der Waals surface area (Å²) in [7, 11) is 0. The monoisotopic (exact) mass is 940 g/mol. The molecule has 338 valence electrons. The molecule has 0 fully saturated rings. The molecule has 0 N–H and O–H groups in total. The van der Waals surface area contributed by atoms with Gasteiger partial charge in [-0.1, -0.05) is 166 Å². The summed E-state index contributed by atoms with van der Waals surface area (Å²) in [5.41, 5.74) is 4.15. The van der Waals surface area contributed by atoms with Crippen molar-refractivity contribution in [3.8, 4) is 23.7 Å². The predicted octanol–water partition coefficient (Wildman–Crippen LogP) is 19.4. The predicted molar refractivity (Wildman–Crippen MR) is 295 cm³/mol. The van der Waals surface area contributed by atoms with E-state index in [0.29, 0.717) is 0 Å². The molecule has 6 heteroatoms. The summed E-state index contributed by atoms with van der Waals surface area (Å²) in [5.74, 6) is 14.7. The molecule has 0 saturated heterocycles. The number of unbranched alkanes of at least 4 members (excludes halogenated alkanes) is 18. The summed E-state index contributed by atoms with van der Waals surface area (Å²) in [6, 6.07) is 31.3. The molecule has 9 aromatic rings. The number of aromatic nitrogens is 2. The smallest absolute Gasteiger partial charge is 0.168 e. The van der Waals surface area contributed by atoms with Crippen molar-refractivity contribution < 1.29 is 0 Å². The maximum Gasteiger partial charge on any atom is 0.168 e. The van der Waals surface area contributed by atoms with Crippen LogP contribution in [-0.4, -0.2) is 9.97 Å². The zero-order valence-electron chi connectivity index (χ0n) is 39.2. The first kappa shape index (κ1) is 46.5. The highest BCUT2D eigenvalue weighted by atomic mass is 32.1. The Morgan fingerprint density at radius 1 is 0.364 bits per heavy atom. The minimum atomic E-state index is 0.851. The van der Waals surface area contributed by atoms with Crippen molar-refractivity contribution in [3.05, 3.63) is 116 Å². The molecule has 0 radical (unpaired) electrons. The van der Waals surface area contributed by atoms with Crippen molar-refractivity contribution in [2.45, 2.75) is 155 Å². The van der Waals surface area contributed by atoms with Crippen molar-refractivity contribution in [1.29, 1.82) is 0 Å². The van der Waals surface area contributed by atoms with Gasteiger partial charge in [0.1, 0.15) is 0 Å². The van der Waals surface area contributed by atoms with E-state index in [9.17, 15) is 0 Å². The largest absolute Gasteiger partial charge is 0.228 e. The number of benzene rings is 5. The van der Waals surface area contributed by atoms with Crippen LogP contribution in [0.5, 0.6) is 0 Å². The number of aryl methyl sites for hydroxylation is 2. The number of para-hydroxylation sites is 2. The van der Waals surface area contributed by atoms with E-state index in [1.807, 2.05) is 22.7 Å². The van der Waals surface area contributed by atoms with Crippen molar-refractivity contribution >= 4 is 107 Å². The van der Waals surface area contributed by atoms with Crippen molar-refractivity contribution in [1.82, 2.24) is 9.97 Å². The minimum Gasteiger partial charge on any atom is -0.228 e. The zero-order valence-corrected chi connectivity index (χ0v) is 42.4. The van der Waals surface area contributed by atoms with Gasteiger partial charge in [0.15, 0.2) is 10.0 Å². The highest BCUT2D eigenvalue weighted by Gasteiger charge is 2.17. The van der Waals surface area contributed by atoms with E-state index in [1.54, 1.807) is 22.7 Å². The van der Waals surface area contributed by atoms with Gasteiger partial charge in [-0.2, -0.15) is 0 Å². The van der Waals surface area contributed by atoms with Gasteiger partial charge in [-0.3, -0.25) is 0 Å². The number of hydrogen-bond acceptors (Lipinski definition) is 6. The quantitative estimate of drug-likeness (QED) is 0.0384. The molecule has 0 atom stereocenters. The fourth-order valence-electron chi connectivity index (χ4n) is 9.57. The van der Waals surface area contributed by atoms with Crippen molar-refractivity contribution in [2.24, 2.45) is 0 Å². The molecule has 0 unspecified atom stereocenters. The molecule has 2 nitrogen and oxygen atoms in total. The van der Waals surface area contributed by atoms with Crippen LogP contribution in [0.25, 0.3) is 62.2 Å². The fourth-order valence-corrected chi connectivity index (χ4v) is 13.5. The molecule has 0 amide bonds. The van der Waals surface area contributed by atoms with Crippen LogP contribution in [0.1, 0.15) is 173 Å². The van der Waals surface area contributed by atoms with Crippen LogP contribution in [0.4, 0.5) is 0 Å². The number of thiophene rings is 2. The molecule has 0 spiro atoms. The standard InChI is InChI=1S/C60H64N2S4/c1-3-5-7-9-11-13-15-17-19-21-27-45-37-43-39-49-47(33-35-59-61-53-29-23-25-31-55(53)65-59)52-42-58-44(38-46(64-58)28-22-20-18-16-14-12-10-8-6-4-2)40-50(52)48(51(49)41-57(43)63-45)34-36-60-62-54-30-24-26-32-56(54)66-60/h23-26,29-32,37-42H,3-22,27-28H2,1-2H3. The second-order valence-corrected chi connectivity index (χ2v) is 22.8. The molecule has 0 aliphatic rings. The molecule has 66 heavy (non-hydrogen) atoms. The second kappa shape index (κ2) is 23.4. The number of rotatable bonds is 22. The first-order valence-corrected chi connectivity index (χ1v) is 28.5. The highest BCUT2D eigenvalue weighted by molar-refractivity contribution is 7.20. The number of nitrogens with zero attached hydrogens (tertiary/aromatic N) is 2. The second-order valence-electron chi connectivity index (χ2n) is 18.4. The highest BCUT2D eigenvalue weighted by Crippen LogP contribution is 2.41. The molecule has 0 aliphatic carbocycles. The summed E-state index contributed by atoms with van der Waals surface area (Å²) in [6.07, 6.45) is 29.5. The summed E-state index contributed by atoms with van der Waals surface area (Å²) in [6.45, 7) is 4.60. The first-order valence-electron chi connectivity index (χ1n) is 25.3.